The number of nitrogen functional groups attached to an aromatic ring is 1. The Balaban J connectivity index is 1.41. The average molecular weight is 476 g/mol. The Bertz CT molecular complexity index is 1510. The van der Waals surface area contributed by atoms with Crippen LogP contribution in [0.25, 0.3) is 28.1 Å². The van der Waals surface area contributed by atoms with E-state index < -0.39 is 17.8 Å². The van der Waals surface area contributed by atoms with Crippen LogP contribution in [0.2, 0.25) is 0 Å². The second-order valence-corrected chi connectivity index (χ2v) is 7.85. The van der Waals surface area contributed by atoms with E-state index in [9.17, 15) is 13.2 Å². The number of rotatable bonds is 5. The number of halogens is 3. The molecule has 35 heavy (non-hydrogen) atoms. The van der Waals surface area contributed by atoms with Crippen molar-refractivity contribution < 1.29 is 13.2 Å². The van der Waals surface area contributed by atoms with Crippen LogP contribution in [0.15, 0.2) is 73.3 Å². The lowest BCUT2D eigenvalue weighted by Gasteiger charge is -2.16. The van der Waals surface area contributed by atoms with Gasteiger partial charge in [0.25, 0.3) is 0 Å². The van der Waals surface area contributed by atoms with Gasteiger partial charge in [-0.15, -0.1) is 0 Å². The van der Waals surface area contributed by atoms with Gasteiger partial charge in [-0.05, 0) is 48.9 Å². The summed E-state index contributed by atoms with van der Waals surface area (Å²) >= 11 is 0. The highest BCUT2D eigenvalue weighted by atomic mass is 19.4. The highest BCUT2D eigenvalue weighted by Gasteiger charge is 2.30. The van der Waals surface area contributed by atoms with Gasteiger partial charge < -0.3 is 11.1 Å². The molecule has 0 saturated carbocycles. The standard InChI is InChI=1S/C24H19F3N8/c1-14(15-3-2-4-17(11-15)24(25,26)27)32-23-30-10-8-21(34-23)35-13-31-19-12-16(5-6-20(19)35)18-7-9-29-22(28)33-18/h2-14H,1H3,(H2,28,29,33)(H,30,32,34)/t14-/m0/s1. The molecular weight excluding hydrogens is 457 g/mol. The number of anilines is 2. The molecule has 0 aliphatic carbocycles. The van der Waals surface area contributed by atoms with Crippen LogP contribution in [-0.2, 0) is 6.18 Å². The Morgan fingerprint density at radius 3 is 2.57 bits per heavy atom. The Morgan fingerprint density at radius 1 is 0.943 bits per heavy atom. The Kier molecular flexibility index (Phi) is 5.51. The van der Waals surface area contributed by atoms with Gasteiger partial charge in [0.15, 0.2) is 0 Å². The second kappa shape index (κ2) is 8.67. The van der Waals surface area contributed by atoms with Crippen LogP contribution in [0.4, 0.5) is 25.1 Å². The summed E-state index contributed by atoms with van der Waals surface area (Å²) in [7, 11) is 0. The van der Waals surface area contributed by atoms with E-state index in [2.05, 4.69) is 30.2 Å². The molecule has 0 unspecified atom stereocenters. The van der Waals surface area contributed by atoms with Crippen LogP contribution < -0.4 is 11.1 Å². The third kappa shape index (κ3) is 4.60. The zero-order chi connectivity index (χ0) is 24.6. The first-order chi connectivity index (χ1) is 16.8. The van der Waals surface area contributed by atoms with Crippen molar-refractivity contribution in [3.05, 3.63) is 84.4 Å². The quantitative estimate of drug-likeness (QED) is 0.366. The lowest BCUT2D eigenvalue weighted by atomic mass is 10.1. The summed E-state index contributed by atoms with van der Waals surface area (Å²) in [5.74, 6) is 1.02. The maximum absolute atomic E-state index is 13.1. The first-order valence-electron chi connectivity index (χ1n) is 10.6. The zero-order valence-corrected chi connectivity index (χ0v) is 18.4. The van der Waals surface area contributed by atoms with Crippen molar-refractivity contribution in [2.45, 2.75) is 19.1 Å². The molecular formula is C24H19F3N8. The monoisotopic (exact) mass is 476 g/mol. The number of imidazole rings is 1. The van der Waals surface area contributed by atoms with Crippen molar-refractivity contribution in [2.24, 2.45) is 0 Å². The molecule has 176 valence electrons. The predicted octanol–water partition coefficient (Wildman–Crippen LogP) is 5.05. The molecule has 11 heteroatoms. The van der Waals surface area contributed by atoms with E-state index in [4.69, 9.17) is 5.73 Å². The largest absolute Gasteiger partial charge is 0.416 e. The molecule has 0 fully saturated rings. The smallest absolute Gasteiger partial charge is 0.368 e. The summed E-state index contributed by atoms with van der Waals surface area (Å²) in [5, 5.41) is 3.07. The molecule has 3 aromatic heterocycles. The molecule has 0 amide bonds. The highest BCUT2D eigenvalue weighted by molar-refractivity contribution is 5.82. The van der Waals surface area contributed by atoms with Gasteiger partial charge in [0, 0.05) is 18.0 Å². The number of aromatic nitrogens is 6. The Morgan fingerprint density at radius 2 is 1.77 bits per heavy atom. The molecule has 0 radical (unpaired) electrons. The summed E-state index contributed by atoms with van der Waals surface area (Å²) in [6.07, 6.45) is 0.406. The first-order valence-corrected chi connectivity index (χ1v) is 10.6. The van der Waals surface area contributed by atoms with E-state index in [1.807, 2.05) is 18.2 Å². The van der Waals surface area contributed by atoms with Gasteiger partial charge in [-0.3, -0.25) is 4.57 Å². The maximum atomic E-state index is 13.1. The van der Waals surface area contributed by atoms with Gasteiger partial charge in [0.05, 0.1) is 28.3 Å². The van der Waals surface area contributed by atoms with Gasteiger partial charge >= 0.3 is 6.18 Å². The average Bonchev–Trinajstić information content (AvgIpc) is 3.27. The lowest BCUT2D eigenvalue weighted by molar-refractivity contribution is -0.137. The third-order valence-electron chi connectivity index (χ3n) is 5.46. The lowest BCUT2D eigenvalue weighted by Crippen LogP contribution is -2.12. The number of fused-ring (bicyclic) bond motifs is 1. The molecule has 8 nitrogen and oxygen atoms in total. The van der Waals surface area contributed by atoms with Crippen molar-refractivity contribution in [1.82, 2.24) is 29.5 Å². The van der Waals surface area contributed by atoms with E-state index in [1.165, 1.54) is 6.07 Å². The maximum Gasteiger partial charge on any atom is 0.416 e. The van der Waals surface area contributed by atoms with Gasteiger partial charge in [0.2, 0.25) is 11.9 Å². The normalized spacial score (nSPS) is 12.6. The van der Waals surface area contributed by atoms with Crippen LogP contribution >= 0.6 is 0 Å². The van der Waals surface area contributed by atoms with Gasteiger partial charge in [-0.1, -0.05) is 18.2 Å². The molecule has 3 heterocycles. The third-order valence-corrected chi connectivity index (χ3v) is 5.46. The highest BCUT2D eigenvalue weighted by Crippen LogP contribution is 2.31. The molecule has 0 saturated heterocycles. The summed E-state index contributed by atoms with van der Waals surface area (Å²) in [6, 6.07) is 13.9. The topological polar surface area (TPSA) is 107 Å². The number of nitrogens with one attached hydrogen (secondary N) is 1. The van der Waals surface area contributed by atoms with Crippen LogP contribution in [0.1, 0.15) is 24.1 Å². The minimum absolute atomic E-state index is 0.188. The zero-order valence-electron chi connectivity index (χ0n) is 18.4. The number of hydrogen-bond donors (Lipinski definition) is 2. The van der Waals surface area contributed by atoms with Crippen molar-refractivity contribution in [1.29, 1.82) is 0 Å². The summed E-state index contributed by atoms with van der Waals surface area (Å²) in [6.45, 7) is 1.75. The van der Waals surface area contributed by atoms with Crippen molar-refractivity contribution in [3.8, 4) is 17.1 Å². The van der Waals surface area contributed by atoms with Gasteiger partial charge in [-0.2, -0.15) is 18.2 Å². The molecule has 0 bridgehead atoms. The molecule has 0 aliphatic heterocycles. The number of nitrogens with zero attached hydrogens (tertiary/aromatic N) is 6. The summed E-state index contributed by atoms with van der Waals surface area (Å²) in [5.41, 5.74) is 8.53. The van der Waals surface area contributed by atoms with Crippen LogP contribution in [0.5, 0.6) is 0 Å². The molecule has 0 spiro atoms. The van der Waals surface area contributed by atoms with E-state index in [-0.39, 0.29) is 11.9 Å². The first kappa shape index (κ1) is 22.3. The van der Waals surface area contributed by atoms with Crippen LogP contribution in [0, 0.1) is 0 Å². The fourth-order valence-corrected chi connectivity index (χ4v) is 3.70. The molecule has 1 atom stereocenters. The Labute approximate surface area is 197 Å². The fourth-order valence-electron chi connectivity index (χ4n) is 3.70. The van der Waals surface area contributed by atoms with E-state index in [0.717, 1.165) is 28.7 Å². The Hall–Kier alpha value is -4.54. The predicted molar refractivity (Wildman–Crippen MR) is 126 cm³/mol. The molecule has 2 aromatic carbocycles. The molecule has 0 aliphatic rings. The van der Waals surface area contributed by atoms with E-state index in [1.54, 1.807) is 48.4 Å². The van der Waals surface area contributed by atoms with Crippen molar-refractivity contribution >= 4 is 22.9 Å². The number of nitrogens with two attached hydrogens (primary N) is 1. The van der Waals surface area contributed by atoms with E-state index >= 15 is 0 Å². The van der Waals surface area contributed by atoms with Gasteiger partial charge in [-0.25, -0.2) is 19.9 Å². The van der Waals surface area contributed by atoms with Crippen LogP contribution in [-0.4, -0.2) is 29.5 Å². The van der Waals surface area contributed by atoms with Crippen LogP contribution in [0.3, 0.4) is 0 Å². The number of hydrogen-bond acceptors (Lipinski definition) is 7. The number of benzene rings is 2. The van der Waals surface area contributed by atoms with Crippen molar-refractivity contribution in [3.63, 3.8) is 0 Å². The minimum atomic E-state index is -4.41. The molecule has 5 aromatic rings. The minimum Gasteiger partial charge on any atom is -0.368 e. The number of alkyl halides is 3. The fraction of sp³-hybridized carbons (Fsp3) is 0.125. The summed E-state index contributed by atoms with van der Waals surface area (Å²) in [4.78, 5) is 21.4. The van der Waals surface area contributed by atoms with E-state index in [0.29, 0.717) is 17.1 Å². The molecule has 3 N–H and O–H groups in total. The molecule has 5 rings (SSSR count). The second-order valence-electron chi connectivity index (χ2n) is 7.85. The SMILES string of the molecule is C[C@H](Nc1nccc(-n2cnc3cc(-c4ccnc(N)n4)ccc32)n1)c1cccc(C(F)(F)F)c1. The van der Waals surface area contributed by atoms with Gasteiger partial charge in [0.1, 0.15) is 12.1 Å². The summed E-state index contributed by atoms with van der Waals surface area (Å²) < 4.78 is 41.0. The van der Waals surface area contributed by atoms with Crippen molar-refractivity contribution in [2.75, 3.05) is 11.1 Å².